The Bertz CT molecular complexity index is 298. The molecule has 0 unspecified atom stereocenters. The number of aryl methyl sites for hydroxylation is 1. The lowest BCUT2D eigenvalue weighted by Crippen LogP contribution is -2.03. The van der Waals surface area contributed by atoms with Crippen LogP contribution >= 0.6 is 22.6 Å². The molecule has 0 saturated heterocycles. The second-order valence-electron chi connectivity index (χ2n) is 2.09. The van der Waals surface area contributed by atoms with Crippen LogP contribution in [0.3, 0.4) is 0 Å². The Morgan fingerprint density at radius 2 is 2.27 bits per heavy atom. The number of hydrogen-bond acceptors (Lipinski definition) is 2. The van der Waals surface area contributed by atoms with Crippen LogP contribution in [0, 0.1) is 10.5 Å². The molecule has 4 heteroatoms. The second kappa shape index (κ2) is 3.17. The van der Waals surface area contributed by atoms with Crippen LogP contribution in [0.4, 0.5) is 0 Å². The molecule has 0 fully saturated rings. The fraction of sp³-hybridized carbons (Fsp3) is 0.143. The van der Waals surface area contributed by atoms with Crippen LogP contribution in [0.25, 0.3) is 0 Å². The van der Waals surface area contributed by atoms with Crippen LogP contribution in [-0.4, -0.2) is 16.1 Å². The van der Waals surface area contributed by atoms with Crippen molar-refractivity contribution in [2.45, 2.75) is 6.92 Å². The number of aromatic carboxylic acids is 1. The lowest BCUT2D eigenvalue weighted by molar-refractivity contribution is 0.0689. The lowest BCUT2D eigenvalue weighted by atomic mass is 10.3. The summed E-state index contributed by atoms with van der Waals surface area (Å²) in [6.45, 7) is 1.77. The van der Waals surface area contributed by atoms with Gasteiger partial charge in [0.05, 0.1) is 0 Å². The summed E-state index contributed by atoms with van der Waals surface area (Å²) in [5, 5.41) is 8.62. The molecule has 0 spiro atoms. The first-order valence-electron chi connectivity index (χ1n) is 2.97. The molecule has 0 bridgehead atoms. The Hall–Kier alpha value is -0.650. The Morgan fingerprint density at radius 3 is 2.73 bits per heavy atom. The summed E-state index contributed by atoms with van der Waals surface area (Å²) in [6.07, 6.45) is 0. The predicted molar refractivity (Wildman–Crippen MR) is 48.7 cm³/mol. The van der Waals surface area contributed by atoms with Gasteiger partial charge >= 0.3 is 5.97 Å². The molecular formula is C7H6INO2. The third kappa shape index (κ3) is 1.89. The molecule has 1 N–H and O–H groups in total. The van der Waals surface area contributed by atoms with Crippen molar-refractivity contribution in [2.24, 2.45) is 0 Å². The number of carboxylic acids is 1. The van der Waals surface area contributed by atoms with E-state index in [1.165, 1.54) is 0 Å². The monoisotopic (exact) mass is 263 g/mol. The topological polar surface area (TPSA) is 50.2 Å². The zero-order chi connectivity index (χ0) is 8.43. The van der Waals surface area contributed by atoms with Crippen molar-refractivity contribution in [3.63, 3.8) is 0 Å². The number of carboxylic acid groups (broad SMARTS) is 1. The summed E-state index contributed by atoms with van der Waals surface area (Å²) in [7, 11) is 0. The van der Waals surface area contributed by atoms with Crippen molar-refractivity contribution in [1.29, 1.82) is 0 Å². The van der Waals surface area contributed by atoms with Crippen molar-refractivity contribution in [3.8, 4) is 0 Å². The van der Waals surface area contributed by atoms with Crippen LogP contribution in [0.1, 0.15) is 16.2 Å². The first kappa shape index (κ1) is 8.45. The summed E-state index contributed by atoms with van der Waals surface area (Å²) in [5.41, 5.74) is 0.855. The van der Waals surface area contributed by atoms with E-state index in [1.54, 1.807) is 19.1 Å². The quantitative estimate of drug-likeness (QED) is 0.784. The fourth-order valence-electron chi connectivity index (χ4n) is 0.690. The van der Waals surface area contributed by atoms with Gasteiger partial charge in [0, 0.05) is 9.26 Å². The zero-order valence-electron chi connectivity index (χ0n) is 5.84. The molecule has 3 nitrogen and oxygen atoms in total. The molecule has 1 heterocycles. The highest BCUT2D eigenvalue weighted by Gasteiger charge is 2.08. The summed E-state index contributed by atoms with van der Waals surface area (Å²) >= 11 is 1.95. The van der Waals surface area contributed by atoms with Crippen molar-refractivity contribution in [3.05, 3.63) is 27.1 Å². The summed E-state index contributed by atoms with van der Waals surface area (Å²) in [6, 6.07) is 3.53. The number of halogens is 1. The molecule has 0 saturated carbocycles. The number of hydrogen-bond donors (Lipinski definition) is 1. The molecule has 0 aliphatic rings. The first-order valence-corrected chi connectivity index (χ1v) is 4.05. The number of rotatable bonds is 1. The zero-order valence-corrected chi connectivity index (χ0v) is 7.99. The Morgan fingerprint density at radius 1 is 1.64 bits per heavy atom. The summed E-state index contributed by atoms with van der Waals surface area (Å²) < 4.78 is 0.667. The Balaban J connectivity index is 3.23. The van der Waals surface area contributed by atoms with Gasteiger partial charge in [-0.2, -0.15) is 0 Å². The molecule has 0 amide bonds. The van der Waals surface area contributed by atoms with E-state index < -0.39 is 5.97 Å². The molecule has 58 valence electrons. The molecule has 11 heavy (non-hydrogen) atoms. The maximum absolute atomic E-state index is 10.5. The SMILES string of the molecule is Cc1ccc(I)c(C(=O)O)n1. The second-order valence-corrected chi connectivity index (χ2v) is 3.25. The van der Waals surface area contributed by atoms with Gasteiger partial charge in [0.2, 0.25) is 0 Å². The van der Waals surface area contributed by atoms with Gasteiger partial charge < -0.3 is 5.11 Å². The molecule has 1 aromatic rings. The normalized spacial score (nSPS) is 9.64. The van der Waals surface area contributed by atoms with Crippen molar-refractivity contribution >= 4 is 28.6 Å². The van der Waals surface area contributed by atoms with Gasteiger partial charge in [0.25, 0.3) is 0 Å². The van der Waals surface area contributed by atoms with E-state index in [1.807, 2.05) is 22.6 Å². The van der Waals surface area contributed by atoms with Crippen LogP contribution in [0.5, 0.6) is 0 Å². The average Bonchev–Trinajstić information content (AvgIpc) is 1.94. The molecule has 0 atom stereocenters. The van der Waals surface area contributed by atoms with Crippen LogP contribution in [-0.2, 0) is 0 Å². The number of carbonyl (C=O) groups is 1. The Kier molecular flexibility index (Phi) is 2.43. The van der Waals surface area contributed by atoms with Crippen molar-refractivity contribution in [1.82, 2.24) is 4.98 Å². The van der Waals surface area contributed by atoms with Gasteiger partial charge in [-0.15, -0.1) is 0 Å². The maximum atomic E-state index is 10.5. The van der Waals surface area contributed by atoms with Gasteiger partial charge in [-0.05, 0) is 41.6 Å². The molecule has 0 aliphatic heterocycles. The average molecular weight is 263 g/mol. The summed E-state index contributed by atoms with van der Waals surface area (Å²) in [5.74, 6) is -0.974. The molecular weight excluding hydrogens is 257 g/mol. The standard InChI is InChI=1S/C7H6INO2/c1-4-2-3-5(8)6(9-4)7(10)11/h2-3H,1H3,(H,10,11). The van der Waals surface area contributed by atoms with Gasteiger partial charge in [0.15, 0.2) is 5.69 Å². The minimum atomic E-state index is -0.974. The molecule has 1 rings (SSSR count). The highest BCUT2D eigenvalue weighted by molar-refractivity contribution is 14.1. The third-order valence-corrected chi connectivity index (χ3v) is 2.06. The first-order chi connectivity index (χ1) is 5.11. The van der Waals surface area contributed by atoms with Crippen molar-refractivity contribution < 1.29 is 9.90 Å². The van der Waals surface area contributed by atoms with E-state index in [4.69, 9.17) is 5.11 Å². The van der Waals surface area contributed by atoms with E-state index in [2.05, 4.69) is 4.98 Å². The number of nitrogens with zero attached hydrogens (tertiary/aromatic N) is 1. The van der Waals surface area contributed by atoms with E-state index in [0.29, 0.717) is 3.57 Å². The highest BCUT2D eigenvalue weighted by Crippen LogP contribution is 2.09. The van der Waals surface area contributed by atoms with Gasteiger partial charge in [0.1, 0.15) is 0 Å². The molecule has 0 radical (unpaired) electrons. The van der Waals surface area contributed by atoms with E-state index in [0.717, 1.165) is 5.69 Å². The van der Waals surface area contributed by atoms with Gasteiger partial charge in [-0.25, -0.2) is 9.78 Å². The maximum Gasteiger partial charge on any atom is 0.355 e. The Labute approximate surface area is 77.6 Å². The molecule has 0 aliphatic carbocycles. The van der Waals surface area contributed by atoms with E-state index in [-0.39, 0.29) is 5.69 Å². The smallest absolute Gasteiger partial charge is 0.355 e. The van der Waals surface area contributed by atoms with Gasteiger partial charge in [-0.1, -0.05) is 0 Å². The molecule has 1 aromatic heterocycles. The number of aromatic nitrogens is 1. The summed E-state index contributed by atoms with van der Waals surface area (Å²) in [4.78, 5) is 14.4. The van der Waals surface area contributed by atoms with Crippen molar-refractivity contribution in [2.75, 3.05) is 0 Å². The highest BCUT2D eigenvalue weighted by atomic mass is 127. The van der Waals surface area contributed by atoms with Crippen LogP contribution in [0.15, 0.2) is 12.1 Å². The van der Waals surface area contributed by atoms with Crippen LogP contribution < -0.4 is 0 Å². The minimum absolute atomic E-state index is 0.130. The van der Waals surface area contributed by atoms with Gasteiger partial charge in [-0.3, -0.25) is 0 Å². The van der Waals surface area contributed by atoms with E-state index >= 15 is 0 Å². The third-order valence-electron chi connectivity index (χ3n) is 1.19. The van der Waals surface area contributed by atoms with Crippen LogP contribution in [0.2, 0.25) is 0 Å². The largest absolute Gasteiger partial charge is 0.476 e. The predicted octanol–water partition coefficient (Wildman–Crippen LogP) is 1.69. The molecule has 0 aromatic carbocycles. The minimum Gasteiger partial charge on any atom is -0.476 e. The lowest BCUT2D eigenvalue weighted by Gasteiger charge is -1.97. The van der Waals surface area contributed by atoms with E-state index in [9.17, 15) is 4.79 Å². The fourth-order valence-corrected chi connectivity index (χ4v) is 1.22. The number of pyridine rings is 1.